The van der Waals surface area contributed by atoms with E-state index in [9.17, 15) is 4.79 Å². The fourth-order valence-electron chi connectivity index (χ4n) is 1.17. The highest BCUT2D eigenvalue weighted by Crippen LogP contribution is 2.09. The first-order chi connectivity index (χ1) is 6.77. The van der Waals surface area contributed by atoms with Crippen LogP contribution in [-0.4, -0.2) is 20.8 Å². The number of rotatable bonds is 2. The summed E-state index contributed by atoms with van der Waals surface area (Å²) in [5.74, 6) is -0.00965. The largest absolute Gasteiger partial charge is 0.295 e. The van der Waals surface area contributed by atoms with E-state index in [1.807, 2.05) is 24.3 Å². The molecule has 4 heteroatoms. The van der Waals surface area contributed by atoms with Crippen molar-refractivity contribution < 1.29 is 4.79 Å². The van der Waals surface area contributed by atoms with Gasteiger partial charge in [0, 0.05) is 6.20 Å². The number of hydrogen-bond donors (Lipinski definition) is 0. The predicted molar refractivity (Wildman–Crippen MR) is 53.5 cm³/mol. The van der Waals surface area contributed by atoms with Crippen LogP contribution in [0, 0.1) is 0 Å². The Hall–Kier alpha value is -1.97. The second kappa shape index (κ2) is 3.41. The number of aromatic nitrogens is 3. The minimum atomic E-state index is -0.00965. The fraction of sp³-hybridized carbons (Fsp3) is 0.100. The number of para-hydroxylation sites is 1. The van der Waals surface area contributed by atoms with Gasteiger partial charge in [-0.25, -0.2) is 4.68 Å². The van der Waals surface area contributed by atoms with Crippen LogP contribution < -0.4 is 0 Å². The number of ketones is 1. The van der Waals surface area contributed by atoms with E-state index in [0.717, 1.165) is 11.0 Å². The summed E-state index contributed by atoms with van der Waals surface area (Å²) in [6, 6.07) is 7.58. The van der Waals surface area contributed by atoms with Gasteiger partial charge in [-0.2, -0.15) is 0 Å². The molecule has 0 aliphatic rings. The number of carbonyl (C=O) groups is 1. The highest BCUT2D eigenvalue weighted by Gasteiger charge is 1.99. The molecule has 0 bridgehead atoms. The summed E-state index contributed by atoms with van der Waals surface area (Å²) < 4.78 is 1.58. The Morgan fingerprint density at radius 2 is 2.21 bits per heavy atom. The fourth-order valence-corrected chi connectivity index (χ4v) is 1.17. The smallest absolute Gasteiger partial charge is 0.154 e. The quantitative estimate of drug-likeness (QED) is 0.669. The molecule has 1 aromatic heterocycles. The predicted octanol–water partition coefficient (Wildman–Crippen LogP) is 1.49. The molecule has 0 atom stereocenters. The third kappa shape index (κ3) is 1.54. The van der Waals surface area contributed by atoms with E-state index in [4.69, 9.17) is 0 Å². The number of benzene rings is 1. The molecule has 0 spiro atoms. The zero-order valence-electron chi connectivity index (χ0n) is 7.71. The van der Waals surface area contributed by atoms with E-state index >= 15 is 0 Å². The Balaban J connectivity index is 2.48. The number of hydrogen-bond acceptors (Lipinski definition) is 3. The van der Waals surface area contributed by atoms with Crippen molar-refractivity contribution >= 4 is 23.0 Å². The van der Waals surface area contributed by atoms with Crippen molar-refractivity contribution in [2.24, 2.45) is 0 Å². The normalized spacial score (nSPS) is 11.2. The maximum absolute atomic E-state index is 10.7. The van der Waals surface area contributed by atoms with Crippen molar-refractivity contribution in [3.63, 3.8) is 0 Å². The zero-order chi connectivity index (χ0) is 9.97. The summed E-state index contributed by atoms with van der Waals surface area (Å²) in [5.41, 5.74) is 1.71. The third-order valence-electron chi connectivity index (χ3n) is 1.83. The summed E-state index contributed by atoms with van der Waals surface area (Å²) in [4.78, 5) is 10.7. The van der Waals surface area contributed by atoms with Gasteiger partial charge in [-0.15, -0.1) is 5.10 Å². The molecule has 70 valence electrons. The lowest BCUT2D eigenvalue weighted by Crippen LogP contribution is -1.90. The van der Waals surface area contributed by atoms with Gasteiger partial charge in [0.05, 0.1) is 5.52 Å². The molecule has 0 saturated heterocycles. The van der Waals surface area contributed by atoms with Crippen molar-refractivity contribution in [1.82, 2.24) is 15.0 Å². The third-order valence-corrected chi connectivity index (χ3v) is 1.83. The molecule has 0 unspecified atom stereocenters. The second-order valence-electron chi connectivity index (χ2n) is 2.95. The average Bonchev–Trinajstić information content (AvgIpc) is 2.58. The lowest BCUT2D eigenvalue weighted by Gasteiger charge is -1.91. The molecule has 0 saturated carbocycles. The highest BCUT2D eigenvalue weighted by molar-refractivity contribution is 5.90. The van der Waals surface area contributed by atoms with Gasteiger partial charge in [0.2, 0.25) is 0 Å². The monoisotopic (exact) mass is 187 g/mol. The van der Waals surface area contributed by atoms with Gasteiger partial charge >= 0.3 is 0 Å². The van der Waals surface area contributed by atoms with E-state index < -0.39 is 0 Å². The van der Waals surface area contributed by atoms with Gasteiger partial charge in [-0.3, -0.25) is 4.79 Å². The molecule has 1 aromatic carbocycles. The van der Waals surface area contributed by atoms with Gasteiger partial charge in [0.1, 0.15) is 5.52 Å². The summed E-state index contributed by atoms with van der Waals surface area (Å²) in [6.07, 6.45) is 3.07. The first-order valence-corrected chi connectivity index (χ1v) is 4.26. The molecular formula is C10H9N3O. The Labute approximate surface area is 80.8 Å². The lowest BCUT2D eigenvalue weighted by molar-refractivity contribution is -0.112. The Morgan fingerprint density at radius 1 is 1.43 bits per heavy atom. The number of nitrogens with zero attached hydrogens (tertiary/aromatic N) is 3. The first-order valence-electron chi connectivity index (χ1n) is 4.26. The lowest BCUT2D eigenvalue weighted by atomic mass is 10.3. The van der Waals surface area contributed by atoms with E-state index in [-0.39, 0.29) is 5.78 Å². The van der Waals surface area contributed by atoms with Crippen LogP contribution in [0.2, 0.25) is 0 Å². The number of allylic oxidation sites excluding steroid dienone is 1. The molecule has 0 radical (unpaired) electrons. The SMILES string of the molecule is CC(=O)/C=C/n1nnc2ccccc21. The molecule has 0 amide bonds. The van der Waals surface area contributed by atoms with Crippen LogP contribution in [0.5, 0.6) is 0 Å². The minimum absolute atomic E-state index is 0.00965. The van der Waals surface area contributed by atoms with Crippen LogP contribution in [0.1, 0.15) is 6.92 Å². The zero-order valence-corrected chi connectivity index (χ0v) is 7.71. The second-order valence-corrected chi connectivity index (χ2v) is 2.95. The van der Waals surface area contributed by atoms with Crippen molar-refractivity contribution in [3.8, 4) is 0 Å². The van der Waals surface area contributed by atoms with Crippen molar-refractivity contribution in [2.75, 3.05) is 0 Å². The molecule has 0 aliphatic heterocycles. The standard InChI is InChI=1S/C10H9N3O/c1-8(14)6-7-13-10-5-3-2-4-9(10)11-12-13/h2-7H,1H3/b7-6+. The van der Waals surface area contributed by atoms with Crippen molar-refractivity contribution in [1.29, 1.82) is 0 Å². The topological polar surface area (TPSA) is 47.8 Å². The molecule has 1 heterocycles. The van der Waals surface area contributed by atoms with Crippen LogP contribution in [0.4, 0.5) is 0 Å². The van der Waals surface area contributed by atoms with Crippen molar-refractivity contribution in [2.45, 2.75) is 6.92 Å². The van der Waals surface area contributed by atoms with E-state index in [2.05, 4.69) is 10.3 Å². The molecule has 0 fully saturated rings. The molecule has 2 aromatic rings. The molecule has 2 rings (SSSR count). The maximum atomic E-state index is 10.7. The van der Waals surface area contributed by atoms with E-state index in [1.54, 1.807) is 10.9 Å². The number of carbonyl (C=O) groups excluding carboxylic acids is 1. The summed E-state index contributed by atoms with van der Waals surface area (Å²) in [6.45, 7) is 1.50. The van der Waals surface area contributed by atoms with Crippen LogP contribution in [-0.2, 0) is 4.79 Å². The van der Waals surface area contributed by atoms with Gasteiger partial charge in [-0.1, -0.05) is 17.3 Å². The summed E-state index contributed by atoms with van der Waals surface area (Å²) in [5, 5.41) is 7.84. The van der Waals surface area contributed by atoms with Gasteiger partial charge < -0.3 is 0 Å². The molecule has 0 aliphatic carbocycles. The van der Waals surface area contributed by atoms with Gasteiger partial charge in [-0.05, 0) is 25.1 Å². The molecule has 0 N–H and O–H groups in total. The van der Waals surface area contributed by atoms with E-state index in [0.29, 0.717) is 0 Å². The first kappa shape index (κ1) is 8.62. The van der Waals surface area contributed by atoms with Crippen molar-refractivity contribution in [3.05, 3.63) is 30.3 Å². The molecule has 14 heavy (non-hydrogen) atoms. The van der Waals surface area contributed by atoms with Gasteiger partial charge in [0.25, 0.3) is 0 Å². The summed E-state index contributed by atoms with van der Waals surface area (Å²) in [7, 11) is 0. The molecule has 4 nitrogen and oxygen atoms in total. The van der Waals surface area contributed by atoms with Crippen LogP contribution in [0.3, 0.4) is 0 Å². The van der Waals surface area contributed by atoms with Crippen LogP contribution in [0.25, 0.3) is 17.2 Å². The Morgan fingerprint density at radius 3 is 3.00 bits per heavy atom. The Kier molecular flexibility index (Phi) is 2.10. The van der Waals surface area contributed by atoms with Gasteiger partial charge in [0.15, 0.2) is 5.78 Å². The molecular weight excluding hydrogens is 178 g/mol. The highest BCUT2D eigenvalue weighted by atomic mass is 16.1. The maximum Gasteiger partial charge on any atom is 0.154 e. The summed E-state index contributed by atoms with van der Waals surface area (Å²) >= 11 is 0. The van der Waals surface area contributed by atoms with E-state index in [1.165, 1.54) is 13.0 Å². The van der Waals surface area contributed by atoms with Crippen LogP contribution >= 0.6 is 0 Å². The Bertz CT molecular complexity index is 499. The number of fused-ring (bicyclic) bond motifs is 1. The average molecular weight is 187 g/mol. The minimum Gasteiger partial charge on any atom is -0.295 e. The van der Waals surface area contributed by atoms with Crippen LogP contribution in [0.15, 0.2) is 30.3 Å².